The van der Waals surface area contributed by atoms with Crippen molar-refractivity contribution in [1.29, 1.82) is 0 Å². The second-order valence-electron chi connectivity index (χ2n) is 1.84. The molecule has 0 unspecified atom stereocenters. The maximum Gasteiger partial charge on any atom is 0.170 e. The number of rotatable bonds is 0. The zero-order chi connectivity index (χ0) is 7.40. The molecule has 1 heteroatoms. The first-order valence-electron chi connectivity index (χ1n) is 3.02. The Morgan fingerprint density at radius 1 is 1.30 bits per heavy atom. The molecule has 2 rings (SSSR count). The zero-order valence-corrected chi connectivity index (χ0v) is 5.79. The maximum atomic E-state index is 4.94. The van der Waals surface area contributed by atoms with Crippen molar-refractivity contribution < 1.29 is 4.74 Å². The van der Waals surface area contributed by atoms with Crippen LogP contribution in [0.15, 0.2) is 24.3 Å². The summed E-state index contributed by atoms with van der Waals surface area (Å²) in [6.07, 6.45) is 4.60. The van der Waals surface area contributed by atoms with E-state index in [1.807, 2.05) is 24.3 Å². The molecule has 0 atom stereocenters. The minimum atomic E-state index is 1.03. The van der Waals surface area contributed by atoms with Gasteiger partial charge in [-0.1, -0.05) is 12.1 Å². The minimum Gasteiger partial charge on any atom is -0.450 e. The van der Waals surface area contributed by atoms with Gasteiger partial charge in [0.15, 0.2) is 11.5 Å². The quantitative estimate of drug-likeness (QED) is 0.396. The van der Waals surface area contributed by atoms with Gasteiger partial charge in [0.1, 0.15) is 0 Å². The van der Waals surface area contributed by atoms with E-state index < -0.39 is 0 Å². The lowest BCUT2D eigenvalue weighted by molar-refractivity contribution is 0.650. The van der Waals surface area contributed by atoms with Gasteiger partial charge in [-0.15, -0.1) is 12.3 Å². The first-order chi connectivity index (χ1) is 4.88. The van der Waals surface area contributed by atoms with E-state index in [0.29, 0.717) is 0 Å². The van der Waals surface area contributed by atoms with E-state index in [4.69, 9.17) is 4.74 Å². The summed E-state index contributed by atoms with van der Waals surface area (Å²) in [6, 6.07) is 7.84. The Hall–Kier alpha value is -1.42. The molecule has 50 valence electrons. The molecular weight excluding hydrogens is 124 g/mol. The molecule has 0 aliphatic carbocycles. The van der Waals surface area contributed by atoms with E-state index in [1.54, 1.807) is 6.92 Å². The highest BCUT2D eigenvalue weighted by atomic mass is 16.6. The number of terminal acetylenes is 1. The second-order valence-corrected chi connectivity index (χ2v) is 1.84. The average Bonchev–Trinajstić information content (AvgIpc) is 2.66. The van der Waals surface area contributed by atoms with Gasteiger partial charge in [0.25, 0.3) is 0 Å². The first kappa shape index (κ1) is 6.70. The van der Waals surface area contributed by atoms with Crippen LogP contribution in [0.25, 0.3) is 0 Å². The van der Waals surface area contributed by atoms with Crippen molar-refractivity contribution in [2.24, 2.45) is 0 Å². The van der Waals surface area contributed by atoms with E-state index in [-0.39, 0.29) is 0 Å². The van der Waals surface area contributed by atoms with Gasteiger partial charge >= 0.3 is 0 Å². The van der Waals surface area contributed by atoms with Crippen molar-refractivity contribution in [3.05, 3.63) is 24.3 Å². The van der Waals surface area contributed by atoms with Crippen LogP contribution in [0.4, 0.5) is 0 Å². The summed E-state index contributed by atoms with van der Waals surface area (Å²) in [5.74, 6) is 4.31. The van der Waals surface area contributed by atoms with Gasteiger partial charge in [0.05, 0.1) is 0 Å². The smallest absolute Gasteiger partial charge is 0.170 e. The largest absolute Gasteiger partial charge is 0.450 e. The second kappa shape index (κ2) is 2.93. The summed E-state index contributed by atoms with van der Waals surface area (Å²) < 4.78 is 4.94. The molecule has 0 amide bonds. The molecule has 0 saturated heterocycles. The molecule has 0 N–H and O–H groups in total. The number of fused-ring (bicyclic) bond motifs is 1. The summed E-state index contributed by atoms with van der Waals surface area (Å²) in [6.45, 7) is 1.65. The molecule has 10 heavy (non-hydrogen) atoms. The third-order valence-electron chi connectivity index (χ3n) is 1.03. The molecule has 0 bridgehead atoms. The highest BCUT2D eigenvalue weighted by Gasteiger charge is 2.15. The van der Waals surface area contributed by atoms with Crippen molar-refractivity contribution in [3.8, 4) is 23.8 Å². The fraction of sp³-hybridized carbons (Fsp3) is 0.111. The average molecular weight is 132 g/mol. The Labute approximate surface area is 60.6 Å². The SMILES string of the molecule is C#CC.c1ccc2c(c1)O2. The van der Waals surface area contributed by atoms with Crippen molar-refractivity contribution in [2.75, 3.05) is 0 Å². The molecule has 0 radical (unpaired) electrons. The zero-order valence-electron chi connectivity index (χ0n) is 5.79. The molecule has 1 heterocycles. The van der Waals surface area contributed by atoms with Crippen LogP contribution in [0.3, 0.4) is 0 Å². The van der Waals surface area contributed by atoms with Gasteiger partial charge in [-0.3, -0.25) is 0 Å². The summed E-state index contributed by atoms with van der Waals surface area (Å²) in [5, 5.41) is 0. The Kier molecular flexibility index (Phi) is 1.96. The number of ether oxygens (including phenoxy) is 1. The van der Waals surface area contributed by atoms with Gasteiger partial charge in [0, 0.05) is 0 Å². The van der Waals surface area contributed by atoms with E-state index in [1.165, 1.54) is 0 Å². The van der Waals surface area contributed by atoms with E-state index in [9.17, 15) is 0 Å². The van der Waals surface area contributed by atoms with Crippen LogP contribution in [-0.4, -0.2) is 0 Å². The van der Waals surface area contributed by atoms with E-state index in [2.05, 4.69) is 12.3 Å². The van der Waals surface area contributed by atoms with Crippen LogP contribution in [0.1, 0.15) is 6.92 Å². The first-order valence-corrected chi connectivity index (χ1v) is 3.02. The molecule has 1 aromatic carbocycles. The standard InChI is InChI=1S/C6H4O.C3H4/c1-2-4-6-5(3-1)7-6;1-3-2/h1-4H;1H,2H3. The lowest BCUT2D eigenvalue weighted by Gasteiger charge is -1.61. The minimum absolute atomic E-state index is 1.03. The van der Waals surface area contributed by atoms with E-state index in [0.717, 1.165) is 11.5 Å². The molecular formula is C9H8O. The normalized spacial score (nSPS) is 9.20. The van der Waals surface area contributed by atoms with Crippen LogP contribution in [-0.2, 0) is 0 Å². The Morgan fingerprint density at radius 2 is 1.70 bits per heavy atom. The predicted molar refractivity (Wildman–Crippen MR) is 41.0 cm³/mol. The fourth-order valence-corrected chi connectivity index (χ4v) is 0.611. The van der Waals surface area contributed by atoms with Crippen LogP contribution in [0.2, 0.25) is 0 Å². The highest BCUT2D eigenvalue weighted by Crippen LogP contribution is 2.43. The Balaban J connectivity index is 0.000000148. The van der Waals surface area contributed by atoms with Crippen molar-refractivity contribution in [3.63, 3.8) is 0 Å². The molecule has 0 aromatic heterocycles. The Bertz CT molecular complexity index is 237. The van der Waals surface area contributed by atoms with Gasteiger partial charge in [-0.2, -0.15) is 0 Å². The lowest BCUT2D eigenvalue weighted by atomic mass is 10.4. The summed E-state index contributed by atoms with van der Waals surface area (Å²) in [4.78, 5) is 0. The summed E-state index contributed by atoms with van der Waals surface area (Å²) in [5.41, 5.74) is 0. The van der Waals surface area contributed by atoms with Crippen molar-refractivity contribution in [1.82, 2.24) is 0 Å². The van der Waals surface area contributed by atoms with Crippen LogP contribution < -0.4 is 4.74 Å². The number of hydrogen-bond acceptors (Lipinski definition) is 1. The fourth-order valence-electron chi connectivity index (χ4n) is 0.611. The maximum absolute atomic E-state index is 4.94. The molecule has 1 aliphatic rings. The molecule has 1 aromatic rings. The van der Waals surface area contributed by atoms with Gasteiger partial charge in [-0.25, -0.2) is 0 Å². The van der Waals surface area contributed by atoms with Crippen molar-refractivity contribution in [2.45, 2.75) is 6.92 Å². The van der Waals surface area contributed by atoms with Crippen LogP contribution >= 0.6 is 0 Å². The van der Waals surface area contributed by atoms with Gasteiger partial charge in [0.2, 0.25) is 0 Å². The van der Waals surface area contributed by atoms with Crippen molar-refractivity contribution >= 4 is 0 Å². The van der Waals surface area contributed by atoms with Crippen LogP contribution in [0.5, 0.6) is 11.5 Å². The van der Waals surface area contributed by atoms with Gasteiger partial charge in [-0.05, 0) is 19.1 Å². The third kappa shape index (κ3) is 1.53. The summed E-state index contributed by atoms with van der Waals surface area (Å²) in [7, 11) is 0. The molecule has 0 saturated carbocycles. The Morgan fingerprint density at radius 3 is 2.00 bits per heavy atom. The number of para-hydroxylation sites is 2. The highest BCUT2D eigenvalue weighted by molar-refractivity contribution is 5.53. The van der Waals surface area contributed by atoms with Gasteiger partial charge < -0.3 is 4.74 Å². The molecule has 0 spiro atoms. The molecule has 1 nitrogen and oxygen atoms in total. The lowest BCUT2D eigenvalue weighted by Crippen LogP contribution is -1.37. The number of benzene rings is 1. The predicted octanol–water partition coefficient (Wildman–Crippen LogP) is 2.43. The topological polar surface area (TPSA) is 12.5 Å². The molecule has 1 aliphatic heterocycles. The molecule has 0 fully saturated rings. The number of hydrogen-bond donors (Lipinski definition) is 0. The van der Waals surface area contributed by atoms with E-state index >= 15 is 0 Å². The third-order valence-corrected chi connectivity index (χ3v) is 1.03. The van der Waals surface area contributed by atoms with Crippen LogP contribution in [0, 0.1) is 12.3 Å². The monoisotopic (exact) mass is 132 g/mol. The summed E-state index contributed by atoms with van der Waals surface area (Å²) >= 11 is 0.